The van der Waals surface area contributed by atoms with Crippen molar-refractivity contribution in [2.75, 3.05) is 11.9 Å². The van der Waals surface area contributed by atoms with Gasteiger partial charge in [0.05, 0.1) is 6.20 Å². The Labute approximate surface area is 130 Å². The van der Waals surface area contributed by atoms with Gasteiger partial charge < -0.3 is 11.1 Å². The largest absolute Gasteiger partial charge is 0.330 e. The lowest BCUT2D eigenvalue weighted by atomic mass is 10.1. The molecule has 2 rings (SSSR count). The molecule has 114 valence electrons. The number of hydrogen-bond donors (Lipinski definition) is 2. The number of carbonyl (C=O) groups is 1. The standard InChI is InChI=1S/C15H20N4O.ClH/c1-3-19-14(11(2)10-17-19)18-15(20)13-6-4-12(5-7-13)8-9-16;/h4-7,10H,3,8-9,16H2,1-2H3,(H,18,20);1H. The van der Waals surface area contributed by atoms with Gasteiger partial charge in [-0.15, -0.1) is 12.4 Å². The number of nitrogens with two attached hydrogens (primary N) is 1. The quantitative estimate of drug-likeness (QED) is 0.890. The number of rotatable bonds is 5. The zero-order chi connectivity index (χ0) is 14.5. The number of nitrogens with one attached hydrogen (secondary N) is 1. The van der Waals surface area contributed by atoms with Crippen molar-refractivity contribution < 1.29 is 4.79 Å². The molecule has 0 aliphatic heterocycles. The molecule has 1 heterocycles. The van der Waals surface area contributed by atoms with Gasteiger partial charge in [-0.2, -0.15) is 5.10 Å². The summed E-state index contributed by atoms with van der Waals surface area (Å²) in [4.78, 5) is 12.2. The van der Waals surface area contributed by atoms with Gasteiger partial charge in [0.25, 0.3) is 5.91 Å². The van der Waals surface area contributed by atoms with E-state index in [1.54, 1.807) is 10.9 Å². The molecule has 6 heteroatoms. The van der Waals surface area contributed by atoms with Gasteiger partial charge in [0, 0.05) is 17.7 Å². The van der Waals surface area contributed by atoms with Crippen molar-refractivity contribution in [3.8, 4) is 0 Å². The fraction of sp³-hybridized carbons (Fsp3) is 0.333. The summed E-state index contributed by atoms with van der Waals surface area (Å²) in [6, 6.07) is 7.52. The van der Waals surface area contributed by atoms with E-state index >= 15 is 0 Å². The van der Waals surface area contributed by atoms with Crippen molar-refractivity contribution in [3.63, 3.8) is 0 Å². The monoisotopic (exact) mass is 308 g/mol. The van der Waals surface area contributed by atoms with Crippen LogP contribution in [0.2, 0.25) is 0 Å². The number of nitrogens with zero attached hydrogens (tertiary/aromatic N) is 2. The van der Waals surface area contributed by atoms with Gasteiger partial charge in [0.15, 0.2) is 0 Å². The Morgan fingerprint density at radius 3 is 2.57 bits per heavy atom. The molecule has 1 aromatic carbocycles. The molecule has 0 saturated carbocycles. The third-order valence-electron chi connectivity index (χ3n) is 3.20. The van der Waals surface area contributed by atoms with E-state index in [9.17, 15) is 4.79 Å². The number of anilines is 1. The molecular weight excluding hydrogens is 288 g/mol. The minimum absolute atomic E-state index is 0. The van der Waals surface area contributed by atoms with Crippen molar-refractivity contribution >= 4 is 24.1 Å². The maximum absolute atomic E-state index is 12.2. The molecule has 0 atom stereocenters. The Balaban J connectivity index is 0.00000220. The summed E-state index contributed by atoms with van der Waals surface area (Å²) < 4.78 is 1.77. The van der Waals surface area contributed by atoms with E-state index in [0.29, 0.717) is 12.1 Å². The molecule has 0 aliphatic carbocycles. The van der Waals surface area contributed by atoms with Gasteiger partial charge in [0.1, 0.15) is 5.82 Å². The fourth-order valence-corrected chi connectivity index (χ4v) is 2.05. The van der Waals surface area contributed by atoms with Crippen LogP contribution in [0.25, 0.3) is 0 Å². The lowest BCUT2D eigenvalue weighted by molar-refractivity contribution is 0.102. The molecule has 0 bridgehead atoms. The topological polar surface area (TPSA) is 72.9 Å². The molecule has 3 N–H and O–H groups in total. The van der Waals surface area contributed by atoms with E-state index < -0.39 is 0 Å². The van der Waals surface area contributed by atoms with Gasteiger partial charge in [-0.05, 0) is 44.5 Å². The van der Waals surface area contributed by atoms with Gasteiger partial charge >= 0.3 is 0 Å². The number of hydrogen-bond acceptors (Lipinski definition) is 3. The summed E-state index contributed by atoms with van der Waals surface area (Å²) in [6.07, 6.45) is 2.58. The van der Waals surface area contributed by atoms with Crippen LogP contribution >= 0.6 is 12.4 Å². The van der Waals surface area contributed by atoms with E-state index in [0.717, 1.165) is 29.9 Å². The van der Waals surface area contributed by atoms with Crippen molar-refractivity contribution in [3.05, 3.63) is 47.2 Å². The molecule has 0 unspecified atom stereocenters. The second kappa shape index (κ2) is 7.81. The Morgan fingerprint density at radius 1 is 1.33 bits per heavy atom. The summed E-state index contributed by atoms with van der Waals surface area (Å²) in [5, 5.41) is 7.12. The Hall–Kier alpha value is -1.85. The van der Waals surface area contributed by atoms with E-state index in [-0.39, 0.29) is 18.3 Å². The Morgan fingerprint density at radius 2 is 2.00 bits per heavy atom. The van der Waals surface area contributed by atoms with Crippen molar-refractivity contribution in [1.82, 2.24) is 9.78 Å². The van der Waals surface area contributed by atoms with Crippen LogP contribution in [0.5, 0.6) is 0 Å². The zero-order valence-corrected chi connectivity index (χ0v) is 13.1. The number of amides is 1. The molecule has 1 amide bonds. The van der Waals surface area contributed by atoms with Gasteiger partial charge in [-0.1, -0.05) is 12.1 Å². The Kier molecular flexibility index (Phi) is 6.39. The first-order valence-electron chi connectivity index (χ1n) is 6.78. The van der Waals surface area contributed by atoms with Crippen molar-refractivity contribution in [2.45, 2.75) is 26.8 Å². The summed E-state index contributed by atoms with van der Waals surface area (Å²) in [5.41, 5.74) is 8.24. The molecule has 21 heavy (non-hydrogen) atoms. The van der Waals surface area contributed by atoms with E-state index in [2.05, 4.69) is 10.4 Å². The van der Waals surface area contributed by atoms with Gasteiger partial charge in [-0.25, -0.2) is 4.68 Å². The predicted octanol–water partition coefficient (Wildman–Crippen LogP) is 2.39. The molecule has 2 aromatic rings. The highest BCUT2D eigenvalue weighted by Crippen LogP contribution is 2.15. The molecule has 0 spiro atoms. The molecular formula is C15H21ClN4O. The number of aromatic nitrogens is 2. The first kappa shape index (κ1) is 17.2. The zero-order valence-electron chi connectivity index (χ0n) is 12.3. The van der Waals surface area contributed by atoms with Crippen molar-refractivity contribution in [2.24, 2.45) is 5.73 Å². The van der Waals surface area contributed by atoms with Crippen LogP contribution in [0.3, 0.4) is 0 Å². The second-order valence-corrected chi connectivity index (χ2v) is 4.68. The average molecular weight is 309 g/mol. The van der Waals surface area contributed by atoms with Crippen molar-refractivity contribution in [1.29, 1.82) is 0 Å². The van der Waals surface area contributed by atoms with E-state index in [1.165, 1.54) is 0 Å². The highest BCUT2D eigenvalue weighted by molar-refractivity contribution is 6.04. The third kappa shape index (κ3) is 4.06. The lowest BCUT2D eigenvalue weighted by Gasteiger charge is -2.09. The summed E-state index contributed by atoms with van der Waals surface area (Å²) in [6.45, 7) is 5.25. The molecule has 1 aromatic heterocycles. The molecule has 0 radical (unpaired) electrons. The average Bonchev–Trinajstić information content (AvgIpc) is 2.81. The fourth-order valence-electron chi connectivity index (χ4n) is 2.05. The molecule has 0 saturated heterocycles. The lowest BCUT2D eigenvalue weighted by Crippen LogP contribution is -2.16. The van der Waals surface area contributed by atoms with Crippen LogP contribution < -0.4 is 11.1 Å². The van der Waals surface area contributed by atoms with Crippen LogP contribution in [0.15, 0.2) is 30.5 Å². The number of carbonyl (C=O) groups excluding carboxylic acids is 1. The minimum atomic E-state index is -0.123. The number of halogens is 1. The van der Waals surface area contributed by atoms with Gasteiger partial charge in [-0.3, -0.25) is 4.79 Å². The Bertz CT molecular complexity index is 592. The molecule has 0 fully saturated rings. The van der Waals surface area contributed by atoms with E-state index in [1.807, 2.05) is 38.1 Å². The smallest absolute Gasteiger partial charge is 0.256 e. The molecule has 0 aliphatic rings. The highest BCUT2D eigenvalue weighted by atomic mass is 35.5. The summed E-state index contributed by atoms with van der Waals surface area (Å²) >= 11 is 0. The van der Waals surface area contributed by atoms with E-state index in [4.69, 9.17) is 5.73 Å². The van der Waals surface area contributed by atoms with Gasteiger partial charge in [0.2, 0.25) is 0 Å². The third-order valence-corrected chi connectivity index (χ3v) is 3.20. The predicted molar refractivity (Wildman–Crippen MR) is 87.0 cm³/mol. The van der Waals surface area contributed by atoms with Crippen LogP contribution in [0, 0.1) is 6.92 Å². The van der Waals surface area contributed by atoms with Crippen LogP contribution in [0.4, 0.5) is 5.82 Å². The number of benzene rings is 1. The maximum atomic E-state index is 12.2. The van der Waals surface area contributed by atoms with Crippen LogP contribution in [-0.2, 0) is 13.0 Å². The SMILES string of the molecule is CCn1ncc(C)c1NC(=O)c1ccc(CCN)cc1.Cl. The normalized spacial score (nSPS) is 10.0. The first-order chi connectivity index (χ1) is 9.65. The second-order valence-electron chi connectivity index (χ2n) is 4.68. The maximum Gasteiger partial charge on any atom is 0.256 e. The number of aryl methyl sites for hydroxylation is 2. The summed E-state index contributed by atoms with van der Waals surface area (Å²) in [5.74, 6) is 0.631. The van der Waals surface area contributed by atoms with Crippen LogP contribution in [-0.4, -0.2) is 22.2 Å². The first-order valence-corrected chi connectivity index (χ1v) is 6.78. The minimum Gasteiger partial charge on any atom is -0.330 e. The summed E-state index contributed by atoms with van der Waals surface area (Å²) in [7, 11) is 0. The van der Waals surface area contributed by atoms with Crippen LogP contribution in [0.1, 0.15) is 28.4 Å². The highest BCUT2D eigenvalue weighted by Gasteiger charge is 2.11. The molecule has 5 nitrogen and oxygen atoms in total.